The molecule has 0 radical (unpaired) electrons. The van der Waals surface area contributed by atoms with Gasteiger partial charge in [0.25, 0.3) is 0 Å². The highest BCUT2D eigenvalue weighted by molar-refractivity contribution is 5.93. The zero-order valence-electron chi connectivity index (χ0n) is 19.0. The molecule has 1 N–H and O–H groups in total. The summed E-state index contributed by atoms with van der Waals surface area (Å²) >= 11 is 0. The lowest BCUT2D eigenvalue weighted by Crippen LogP contribution is -2.46. The standard InChI is InChI=1S/C28H34O3/c1-4-27(2)14-13-24-22-11-9-19-15-20(29)10-12-21(19)25(22)23(16-28(24,27)3)17-5-7-18(8-6-17)26(30)31/h5-8,15,22-24H,4,9-14,16H2,1-3H3,(H,30,31)/t22-,23+,24-,27+,28-/m0/s1. The van der Waals surface area contributed by atoms with Crippen molar-refractivity contribution in [2.24, 2.45) is 22.7 Å². The van der Waals surface area contributed by atoms with Crippen LogP contribution in [-0.4, -0.2) is 16.9 Å². The lowest BCUT2D eigenvalue weighted by Gasteiger charge is -2.55. The smallest absolute Gasteiger partial charge is 0.335 e. The second-order valence-corrected chi connectivity index (χ2v) is 10.9. The molecule has 5 atom stereocenters. The minimum absolute atomic E-state index is 0.278. The Morgan fingerprint density at radius 2 is 1.84 bits per heavy atom. The molecule has 4 aliphatic rings. The van der Waals surface area contributed by atoms with Crippen molar-refractivity contribution >= 4 is 11.8 Å². The van der Waals surface area contributed by atoms with Crippen molar-refractivity contribution in [1.29, 1.82) is 0 Å². The Balaban J connectivity index is 1.67. The zero-order chi connectivity index (χ0) is 22.0. The number of benzene rings is 1. The number of rotatable bonds is 3. The molecule has 1 aromatic carbocycles. The van der Waals surface area contributed by atoms with Gasteiger partial charge in [0.15, 0.2) is 5.78 Å². The van der Waals surface area contributed by atoms with Crippen LogP contribution >= 0.6 is 0 Å². The first-order chi connectivity index (χ1) is 14.8. The van der Waals surface area contributed by atoms with Crippen LogP contribution in [0.4, 0.5) is 0 Å². The van der Waals surface area contributed by atoms with Crippen molar-refractivity contribution in [2.75, 3.05) is 0 Å². The Kier molecular flexibility index (Phi) is 4.80. The first kappa shape index (κ1) is 20.7. The highest BCUT2D eigenvalue weighted by atomic mass is 16.4. The van der Waals surface area contributed by atoms with Gasteiger partial charge in [-0.25, -0.2) is 4.79 Å². The van der Waals surface area contributed by atoms with Crippen molar-refractivity contribution in [3.05, 3.63) is 58.2 Å². The second-order valence-electron chi connectivity index (χ2n) is 10.9. The van der Waals surface area contributed by atoms with E-state index in [1.807, 2.05) is 18.2 Å². The highest BCUT2D eigenvalue weighted by Gasteiger charge is 2.60. The average Bonchev–Trinajstić information content (AvgIpc) is 3.04. The van der Waals surface area contributed by atoms with Crippen LogP contribution < -0.4 is 0 Å². The molecule has 0 aliphatic heterocycles. The van der Waals surface area contributed by atoms with Gasteiger partial charge in [-0.05, 0) is 96.1 Å². The first-order valence-electron chi connectivity index (χ1n) is 12.1. The van der Waals surface area contributed by atoms with E-state index in [2.05, 4.69) is 20.8 Å². The van der Waals surface area contributed by atoms with Gasteiger partial charge >= 0.3 is 5.97 Å². The fraction of sp³-hybridized carbons (Fsp3) is 0.571. The molecule has 2 fully saturated rings. The van der Waals surface area contributed by atoms with E-state index < -0.39 is 5.97 Å². The van der Waals surface area contributed by atoms with Crippen LogP contribution in [0.5, 0.6) is 0 Å². The zero-order valence-corrected chi connectivity index (χ0v) is 19.0. The number of hydrogen-bond donors (Lipinski definition) is 1. The van der Waals surface area contributed by atoms with Crippen LogP contribution in [0.25, 0.3) is 0 Å². The van der Waals surface area contributed by atoms with Gasteiger partial charge in [0, 0.05) is 12.3 Å². The molecule has 0 bridgehead atoms. The Morgan fingerprint density at radius 1 is 1.10 bits per heavy atom. The van der Waals surface area contributed by atoms with Crippen molar-refractivity contribution in [1.82, 2.24) is 0 Å². The molecule has 0 saturated heterocycles. The van der Waals surface area contributed by atoms with Gasteiger partial charge in [0.2, 0.25) is 0 Å². The number of aromatic carboxylic acids is 1. The molecule has 4 aliphatic carbocycles. The van der Waals surface area contributed by atoms with Gasteiger partial charge in [-0.2, -0.15) is 0 Å². The normalized spacial score (nSPS) is 37.1. The lowest BCUT2D eigenvalue weighted by atomic mass is 9.49. The van der Waals surface area contributed by atoms with E-state index >= 15 is 0 Å². The quantitative estimate of drug-likeness (QED) is 0.594. The van der Waals surface area contributed by atoms with Crippen molar-refractivity contribution in [2.45, 2.75) is 78.1 Å². The summed E-state index contributed by atoms with van der Waals surface area (Å²) < 4.78 is 0. The maximum absolute atomic E-state index is 12.1. The maximum atomic E-state index is 12.1. The summed E-state index contributed by atoms with van der Waals surface area (Å²) in [6.45, 7) is 7.40. The molecule has 0 unspecified atom stereocenters. The van der Waals surface area contributed by atoms with Crippen molar-refractivity contribution in [3.8, 4) is 0 Å². The summed E-state index contributed by atoms with van der Waals surface area (Å²) in [5.74, 6) is 1.04. The van der Waals surface area contributed by atoms with E-state index in [1.165, 1.54) is 36.0 Å². The molecule has 3 nitrogen and oxygen atoms in total. The molecular formula is C28H34O3. The van der Waals surface area contributed by atoms with Crippen molar-refractivity contribution in [3.63, 3.8) is 0 Å². The molecule has 0 aromatic heterocycles. The second kappa shape index (κ2) is 7.18. The Hall–Kier alpha value is -2.16. The molecule has 0 spiro atoms. The third-order valence-corrected chi connectivity index (χ3v) is 9.85. The molecule has 0 amide bonds. The van der Waals surface area contributed by atoms with E-state index in [9.17, 15) is 14.7 Å². The summed E-state index contributed by atoms with van der Waals surface area (Å²) in [6, 6.07) is 7.63. The van der Waals surface area contributed by atoms with Gasteiger partial charge in [0.1, 0.15) is 0 Å². The van der Waals surface area contributed by atoms with E-state index in [-0.39, 0.29) is 11.2 Å². The predicted molar refractivity (Wildman–Crippen MR) is 122 cm³/mol. The van der Waals surface area contributed by atoms with Gasteiger partial charge < -0.3 is 5.11 Å². The minimum atomic E-state index is -0.870. The van der Waals surface area contributed by atoms with E-state index in [0.29, 0.717) is 35.2 Å². The van der Waals surface area contributed by atoms with Gasteiger partial charge in [-0.15, -0.1) is 0 Å². The predicted octanol–water partition coefficient (Wildman–Crippen LogP) is 6.70. The summed E-state index contributed by atoms with van der Waals surface area (Å²) in [6.07, 6.45) is 10.6. The number of fused-ring (bicyclic) bond motifs is 4. The number of carboxylic acids is 1. The number of carbonyl (C=O) groups is 2. The fourth-order valence-corrected chi connectivity index (χ4v) is 7.73. The van der Waals surface area contributed by atoms with E-state index in [4.69, 9.17) is 0 Å². The number of hydrogen-bond acceptors (Lipinski definition) is 2. The third-order valence-electron chi connectivity index (χ3n) is 9.85. The number of ketones is 1. The van der Waals surface area contributed by atoms with Crippen LogP contribution in [0.1, 0.15) is 94.0 Å². The molecule has 164 valence electrons. The molecule has 31 heavy (non-hydrogen) atoms. The van der Waals surface area contributed by atoms with E-state index in [1.54, 1.807) is 17.7 Å². The minimum Gasteiger partial charge on any atom is -0.478 e. The summed E-state index contributed by atoms with van der Waals surface area (Å²) in [4.78, 5) is 23.5. The molecule has 1 aromatic rings. The summed E-state index contributed by atoms with van der Waals surface area (Å²) in [5, 5.41) is 9.37. The monoisotopic (exact) mass is 418 g/mol. The van der Waals surface area contributed by atoms with Crippen LogP contribution in [-0.2, 0) is 4.79 Å². The SMILES string of the molecule is CC[C@]1(C)CC[C@H]2[C@@H]3CCC4=CC(=O)CCC4=C3[C@@H](c3ccc(C(=O)O)cc3)C[C@@]21C. The van der Waals surface area contributed by atoms with Gasteiger partial charge in [0.05, 0.1) is 5.56 Å². The molecule has 0 heterocycles. The first-order valence-corrected chi connectivity index (χ1v) is 12.1. The Bertz CT molecular complexity index is 998. The van der Waals surface area contributed by atoms with Crippen LogP contribution in [0, 0.1) is 22.7 Å². The number of carboxylic acid groups (broad SMARTS) is 1. The summed E-state index contributed by atoms with van der Waals surface area (Å²) in [7, 11) is 0. The molecule has 3 heteroatoms. The average molecular weight is 419 g/mol. The van der Waals surface area contributed by atoms with Crippen molar-refractivity contribution < 1.29 is 14.7 Å². The van der Waals surface area contributed by atoms with Crippen LogP contribution in [0.15, 0.2) is 47.1 Å². The van der Waals surface area contributed by atoms with E-state index in [0.717, 1.165) is 25.7 Å². The van der Waals surface area contributed by atoms with Crippen LogP contribution in [0.2, 0.25) is 0 Å². The Labute approximate surface area is 185 Å². The third kappa shape index (κ3) is 2.99. The fourth-order valence-electron chi connectivity index (χ4n) is 7.73. The number of allylic oxidation sites excluding steroid dienone is 4. The summed E-state index contributed by atoms with van der Waals surface area (Å²) in [5.41, 5.74) is 6.59. The molecular weight excluding hydrogens is 384 g/mol. The largest absolute Gasteiger partial charge is 0.478 e. The lowest BCUT2D eigenvalue weighted by molar-refractivity contribution is -0.114. The highest BCUT2D eigenvalue weighted by Crippen LogP contribution is 2.70. The maximum Gasteiger partial charge on any atom is 0.335 e. The molecule has 2 saturated carbocycles. The van der Waals surface area contributed by atoms with Gasteiger partial charge in [-0.1, -0.05) is 44.9 Å². The van der Waals surface area contributed by atoms with Gasteiger partial charge in [-0.3, -0.25) is 4.79 Å². The molecule has 5 rings (SSSR count). The Morgan fingerprint density at radius 3 is 2.52 bits per heavy atom. The topological polar surface area (TPSA) is 54.4 Å². The van der Waals surface area contributed by atoms with Crippen LogP contribution in [0.3, 0.4) is 0 Å². The number of carbonyl (C=O) groups excluding carboxylic acids is 1.